The summed E-state index contributed by atoms with van der Waals surface area (Å²) in [5.41, 5.74) is 0.341. The average Bonchev–Trinajstić information content (AvgIpc) is 2.62. The van der Waals surface area contributed by atoms with Crippen LogP contribution in [0, 0.1) is 5.92 Å². The van der Waals surface area contributed by atoms with Gasteiger partial charge in [0.1, 0.15) is 0 Å². The van der Waals surface area contributed by atoms with Crippen molar-refractivity contribution in [3.63, 3.8) is 0 Å². The SMILES string of the molecule is O=C1CC[C@H]2CCCC[C@]23CCCN13. The number of amides is 1. The highest BCUT2D eigenvalue weighted by molar-refractivity contribution is 5.78. The molecule has 3 fully saturated rings. The first-order valence-electron chi connectivity index (χ1n) is 6.13. The molecule has 1 amide bonds. The summed E-state index contributed by atoms with van der Waals surface area (Å²) in [5.74, 6) is 1.29. The van der Waals surface area contributed by atoms with E-state index in [9.17, 15) is 4.79 Å². The fourth-order valence-electron chi connectivity index (χ4n) is 4.10. The zero-order valence-corrected chi connectivity index (χ0v) is 8.80. The first kappa shape index (κ1) is 8.75. The highest BCUT2D eigenvalue weighted by Gasteiger charge is 2.51. The van der Waals surface area contributed by atoms with E-state index in [1.165, 1.54) is 44.9 Å². The maximum Gasteiger partial charge on any atom is 0.223 e. The van der Waals surface area contributed by atoms with Crippen LogP contribution in [0.3, 0.4) is 0 Å². The van der Waals surface area contributed by atoms with Crippen molar-refractivity contribution in [2.45, 2.75) is 56.9 Å². The van der Waals surface area contributed by atoms with Crippen molar-refractivity contribution >= 4 is 5.91 Å². The lowest BCUT2D eigenvalue weighted by Gasteiger charge is -2.51. The van der Waals surface area contributed by atoms with Crippen LogP contribution in [0.2, 0.25) is 0 Å². The number of carbonyl (C=O) groups excluding carboxylic acids is 1. The molecule has 78 valence electrons. The number of piperidine rings is 1. The first-order chi connectivity index (χ1) is 6.83. The Morgan fingerprint density at radius 1 is 1.14 bits per heavy atom. The van der Waals surface area contributed by atoms with E-state index in [-0.39, 0.29) is 0 Å². The first-order valence-corrected chi connectivity index (χ1v) is 6.13. The molecule has 3 rings (SSSR count). The monoisotopic (exact) mass is 193 g/mol. The van der Waals surface area contributed by atoms with Crippen LogP contribution >= 0.6 is 0 Å². The largest absolute Gasteiger partial charge is 0.337 e. The molecule has 0 unspecified atom stereocenters. The van der Waals surface area contributed by atoms with Crippen LogP contribution in [0.4, 0.5) is 0 Å². The summed E-state index contributed by atoms with van der Waals surface area (Å²) in [6.07, 6.45) is 9.97. The van der Waals surface area contributed by atoms with Crippen molar-refractivity contribution in [2.75, 3.05) is 6.54 Å². The zero-order chi connectivity index (χ0) is 9.60. The fraction of sp³-hybridized carbons (Fsp3) is 0.917. The highest BCUT2D eigenvalue weighted by Crippen LogP contribution is 2.49. The third kappa shape index (κ3) is 0.999. The lowest BCUT2D eigenvalue weighted by atomic mass is 9.67. The van der Waals surface area contributed by atoms with E-state index in [4.69, 9.17) is 0 Å². The second-order valence-electron chi connectivity index (χ2n) is 5.23. The van der Waals surface area contributed by atoms with Gasteiger partial charge in [0.25, 0.3) is 0 Å². The molecule has 1 saturated carbocycles. The second kappa shape index (κ2) is 2.98. The minimum Gasteiger partial charge on any atom is -0.337 e. The zero-order valence-electron chi connectivity index (χ0n) is 8.80. The molecule has 1 spiro atoms. The van der Waals surface area contributed by atoms with Gasteiger partial charge in [0.05, 0.1) is 0 Å². The number of rotatable bonds is 0. The van der Waals surface area contributed by atoms with Crippen molar-refractivity contribution in [1.82, 2.24) is 4.90 Å². The van der Waals surface area contributed by atoms with Gasteiger partial charge in [-0.05, 0) is 38.0 Å². The topological polar surface area (TPSA) is 20.3 Å². The molecule has 0 aromatic heterocycles. The molecule has 2 heterocycles. The van der Waals surface area contributed by atoms with Gasteiger partial charge in [-0.2, -0.15) is 0 Å². The lowest BCUT2D eigenvalue weighted by Crippen LogP contribution is -2.56. The summed E-state index contributed by atoms with van der Waals surface area (Å²) in [6, 6.07) is 0. The van der Waals surface area contributed by atoms with E-state index in [1.807, 2.05) is 0 Å². The molecule has 14 heavy (non-hydrogen) atoms. The van der Waals surface area contributed by atoms with E-state index < -0.39 is 0 Å². The van der Waals surface area contributed by atoms with Crippen LogP contribution in [0.1, 0.15) is 51.4 Å². The Hall–Kier alpha value is -0.530. The maximum absolute atomic E-state index is 11.9. The van der Waals surface area contributed by atoms with Crippen LogP contribution < -0.4 is 0 Å². The average molecular weight is 193 g/mol. The van der Waals surface area contributed by atoms with Gasteiger partial charge in [-0.25, -0.2) is 0 Å². The van der Waals surface area contributed by atoms with Crippen LogP contribution in [0.5, 0.6) is 0 Å². The van der Waals surface area contributed by atoms with Crippen LogP contribution in [0.25, 0.3) is 0 Å². The van der Waals surface area contributed by atoms with Crippen LogP contribution in [-0.4, -0.2) is 22.9 Å². The Morgan fingerprint density at radius 2 is 2.00 bits per heavy atom. The molecule has 0 aromatic rings. The Morgan fingerprint density at radius 3 is 2.93 bits per heavy atom. The number of hydrogen-bond acceptors (Lipinski definition) is 1. The molecule has 0 N–H and O–H groups in total. The van der Waals surface area contributed by atoms with Crippen molar-refractivity contribution in [1.29, 1.82) is 0 Å². The van der Waals surface area contributed by atoms with E-state index in [0.717, 1.165) is 18.9 Å². The normalized spacial score (nSPS) is 42.1. The van der Waals surface area contributed by atoms with E-state index in [0.29, 0.717) is 11.4 Å². The standard InChI is InChI=1S/C12H19NO/c14-11-6-5-10-4-1-2-7-12(10)8-3-9-13(11)12/h10H,1-9H2/t10-,12+/m1/s1. The minimum absolute atomic E-state index is 0.341. The quantitative estimate of drug-likeness (QED) is 0.578. The minimum atomic E-state index is 0.341. The van der Waals surface area contributed by atoms with Gasteiger partial charge >= 0.3 is 0 Å². The number of carbonyl (C=O) groups is 1. The van der Waals surface area contributed by atoms with Gasteiger partial charge in [-0.1, -0.05) is 12.8 Å². The summed E-state index contributed by atoms with van der Waals surface area (Å²) in [5, 5.41) is 0. The molecule has 1 aliphatic carbocycles. The molecule has 2 heteroatoms. The van der Waals surface area contributed by atoms with Crippen molar-refractivity contribution in [2.24, 2.45) is 5.92 Å². The third-order valence-corrected chi connectivity index (χ3v) is 4.71. The molecule has 2 aliphatic heterocycles. The Balaban J connectivity index is 1.95. The lowest BCUT2D eigenvalue weighted by molar-refractivity contribution is -0.145. The maximum atomic E-state index is 11.9. The van der Waals surface area contributed by atoms with Crippen LogP contribution in [-0.2, 0) is 4.79 Å². The van der Waals surface area contributed by atoms with Crippen LogP contribution in [0.15, 0.2) is 0 Å². The number of hydrogen-bond donors (Lipinski definition) is 0. The molecule has 0 aromatic carbocycles. The Labute approximate surface area is 85.7 Å². The van der Waals surface area contributed by atoms with E-state index in [1.54, 1.807) is 0 Å². The molecular weight excluding hydrogens is 174 g/mol. The Bertz CT molecular complexity index is 263. The number of nitrogens with zero attached hydrogens (tertiary/aromatic N) is 1. The van der Waals surface area contributed by atoms with Gasteiger partial charge in [-0.15, -0.1) is 0 Å². The van der Waals surface area contributed by atoms with Gasteiger partial charge < -0.3 is 4.90 Å². The molecule has 2 saturated heterocycles. The molecular formula is C12H19NO. The predicted molar refractivity (Wildman–Crippen MR) is 54.9 cm³/mol. The Kier molecular flexibility index (Phi) is 1.86. The smallest absolute Gasteiger partial charge is 0.223 e. The van der Waals surface area contributed by atoms with Gasteiger partial charge in [0.2, 0.25) is 5.91 Å². The van der Waals surface area contributed by atoms with E-state index in [2.05, 4.69) is 4.90 Å². The van der Waals surface area contributed by atoms with Crippen molar-refractivity contribution in [3.05, 3.63) is 0 Å². The summed E-state index contributed by atoms with van der Waals surface area (Å²) < 4.78 is 0. The van der Waals surface area contributed by atoms with E-state index >= 15 is 0 Å². The van der Waals surface area contributed by atoms with Gasteiger partial charge in [0.15, 0.2) is 0 Å². The molecule has 3 aliphatic rings. The predicted octanol–water partition coefficient (Wildman–Crippen LogP) is 2.33. The molecule has 2 nitrogen and oxygen atoms in total. The second-order valence-corrected chi connectivity index (χ2v) is 5.23. The molecule has 2 atom stereocenters. The van der Waals surface area contributed by atoms with Gasteiger partial charge in [0, 0.05) is 18.5 Å². The third-order valence-electron chi connectivity index (χ3n) is 4.71. The fourth-order valence-corrected chi connectivity index (χ4v) is 4.10. The summed E-state index contributed by atoms with van der Waals surface area (Å²) in [7, 11) is 0. The van der Waals surface area contributed by atoms with Crippen molar-refractivity contribution in [3.8, 4) is 0 Å². The molecule has 0 radical (unpaired) electrons. The van der Waals surface area contributed by atoms with Gasteiger partial charge in [-0.3, -0.25) is 4.79 Å². The summed E-state index contributed by atoms with van der Waals surface area (Å²) in [6.45, 7) is 1.05. The molecule has 0 bridgehead atoms. The van der Waals surface area contributed by atoms with Crippen molar-refractivity contribution < 1.29 is 4.79 Å². The summed E-state index contributed by atoms with van der Waals surface area (Å²) in [4.78, 5) is 14.1. The highest BCUT2D eigenvalue weighted by atomic mass is 16.2. The summed E-state index contributed by atoms with van der Waals surface area (Å²) >= 11 is 0.